The van der Waals surface area contributed by atoms with Gasteiger partial charge in [0.05, 0.1) is 23.5 Å². The highest BCUT2D eigenvalue weighted by atomic mass is 79.9. The number of hydrogen-bond acceptors (Lipinski definition) is 4. The fourth-order valence-corrected chi connectivity index (χ4v) is 2.20. The van der Waals surface area contributed by atoms with Gasteiger partial charge in [0.15, 0.2) is 5.02 Å². The van der Waals surface area contributed by atoms with Gasteiger partial charge in [0.25, 0.3) is 0 Å². The molecule has 2 rings (SSSR count). The maximum Gasteiger partial charge on any atom is 0.408 e. The highest BCUT2D eigenvalue weighted by molar-refractivity contribution is 9.10. The lowest BCUT2D eigenvalue weighted by atomic mass is 10.3. The SMILES string of the molecule is O=C(CCn1cc(Cl)c([N+](=O)[O-])n1)Nc1ccc(Br)cc1F. The second-order valence-corrected chi connectivity index (χ2v) is 5.57. The molecule has 0 spiro atoms. The zero-order valence-electron chi connectivity index (χ0n) is 10.9. The Morgan fingerprint density at radius 1 is 1.55 bits per heavy atom. The molecule has 0 aliphatic heterocycles. The van der Waals surface area contributed by atoms with Crippen molar-refractivity contribution in [3.05, 3.63) is 49.8 Å². The average molecular weight is 392 g/mol. The summed E-state index contributed by atoms with van der Waals surface area (Å²) in [5.41, 5.74) is 0.0534. The van der Waals surface area contributed by atoms with E-state index in [-0.39, 0.29) is 23.7 Å². The van der Waals surface area contributed by atoms with Gasteiger partial charge in [-0.05, 0) is 23.1 Å². The number of anilines is 1. The first-order valence-corrected chi connectivity index (χ1v) is 7.16. The molecule has 0 saturated heterocycles. The molecule has 22 heavy (non-hydrogen) atoms. The summed E-state index contributed by atoms with van der Waals surface area (Å²) in [6.07, 6.45) is 1.22. The summed E-state index contributed by atoms with van der Waals surface area (Å²) < 4.78 is 15.3. The van der Waals surface area contributed by atoms with Crippen LogP contribution in [0.3, 0.4) is 0 Å². The normalized spacial score (nSPS) is 10.5. The van der Waals surface area contributed by atoms with Crippen molar-refractivity contribution in [1.29, 1.82) is 0 Å². The first-order chi connectivity index (χ1) is 10.4. The van der Waals surface area contributed by atoms with Gasteiger partial charge in [-0.1, -0.05) is 27.5 Å². The van der Waals surface area contributed by atoms with Crippen LogP contribution in [0.4, 0.5) is 15.9 Å². The lowest BCUT2D eigenvalue weighted by molar-refractivity contribution is -0.389. The number of nitrogens with zero attached hydrogens (tertiary/aromatic N) is 3. The van der Waals surface area contributed by atoms with E-state index in [9.17, 15) is 19.3 Å². The van der Waals surface area contributed by atoms with E-state index >= 15 is 0 Å². The number of nitrogens with one attached hydrogen (secondary N) is 1. The Balaban J connectivity index is 1.95. The molecule has 1 N–H and O–H groups in total. The van der Waals surface area contributed by atoms with Gasteiger partial charge in [-0.2, -0.15) is 4.68 Å². The summed E-state index contributed by atoms with van der Waals surface area (Å²) in [5.74, 6) is -1.49. The van der Waals surface area contributed by atoms with Gasteiger partial charge in [0.2, 0.25) is 5.91 Å². The van der Waals surface area contributed by atoms with Gasteiger partial charge in [0.1, 0.15) is 5.82 Å². The van der Waals surface area contributed by atoms with Crippen molar-refractivity contribution >= 4 is 44.9 Å². The maximum absolute atomic E-state index is 13.6. The van der Waals surface area contributed by atoms with E-state index in [4.69, 9.17) is 11.6 Å². The molecule has 0 bridgehead atoms. The molecule has 0 aliphatic rings. The highest BCUT2D eigenvalue weighted by Crippen LogP contribution is 2.22. The molecule has 1 aromatic heterocycles. The molecular weight excluding hydrogens is 383 g/mol. The van der Waals surface area contributed by atoms with Gasteiger partial charge >= 0.3 is 5.82 Å². The third kappa shape index (κ3) is 4.01. The van der Waals surface area contributed by atoms with Crippen LogP contribution in [0, 0.1) is 15.9 Å². The molecule has 0 fully saturated rings. The number of halogens is 3. The number of carbonyl (C=O) groups is 1. The van der Waals surface area contributed by atoms with E-state index < -0.39 is 22.5 Å². The topological polar surface area (TPSA) is 90.1 Å². The van der Waals surface area contributed by atoms with Crippen LogP contribution in [0.5, 0.6) is 0 Å². The van der Waals surface area contributed by atoms with Crippen LogP contribution >= 0.6 is 27.5 Å². The number of aromatic nitrogens is 2. The van der Waals surface area contributed by atoms with E-state index in [1.54, 1.807) is 6.07 Å². The van der Waals surface area contributed by atoms with Crippen molar-refractivity contribution in [1.82, 2.24) is 9.78 Å². The van der Waals surface area contributed by atoms with Gasteiger partial charge < -0.3 is 15.4 Å². The van der Waals surface area contributed by atoms with E-state index in [1.807, 2.05) is 0 Å². The number of amides is 1. The van der Waals surface area contributed by atoms with E-state index in [0.29, 0.717) is 4.47 Å². The summed E-state index contributed by atoms with van der Waals surface area (Å²) >= 11 is 8.75. The summed E-state index contributed by atoms with van der Waals surface area (Å²) in [6, 6.07) is 4.24. The third-order valence-electron chi connectivity index (χ3n) is 2.65. The maximum atomic E-state index is 13.6. The lowest BCUT2D eigenvalue weighted by Gasteiger charge is -2.06. The zero-order valence-corrected chi connectivity index (χ0v) is 13.3. The van der Waals surface area contributed by atoms with Crippen molar-refractivity contribution in [3.8, 4) is 0 Å². The second kappa shape index (κ2) is 6.84. The van der Waals surface area contributed by atoms with Crippen LogP contribution in [0.2, 0.25) is 5.02 Å². The minimum Gasteiger partial charge on any atom is -0.358 e. The Morgan fingerprint density at radius 3 is 2.86 bits per heavy atom. The van der Waals surface area contributed by atoms with Gasteiger partial charge in [-0.3, -0.25) is 4.79 Å². The van der Waals surface area contributed by atoms with Gasteiger partial charge in [-0.15, -0.1) is 0 Å². The summed E-state index contributed by atoms with van der Waals surface area (Å²) in [5, 5.41) is 16.5. The summed E-state index contributed by atoms with van der Waals surface area (Å²) in [4.78, 5) is 21.6. The molecule has 1 aromatic carbocycles. The van der Waals surface area contributed by atoms with Gasteiger partial charge in [-0.25, -0.2) is 4.39 Å². The number of rotatable bonds is 5. The van der Waals surface area contributed by atoms with Crippen LogP contribution in [0.1, 0.15) is 6.42 Å². The molecule has 0 atom stereocenters. The molecule has 0 unspecified atom stereocenters. The van der Waals surface area contributed by atoms with Crippen LogP contribution in [0.15, 0.2) is 28.9 Å². The zero-order chi connectivity index (χ0) is 16.3. The molecular formula is C12H9BrClFN4O3. The van der Waals surface area contributed by atoms with E-state index in [1.165, 1.54) is 23.0 Å². The molecule has 0 saturated carbocycles. The van der Waals surface area contributed by atoms with E-state index in [0.717, 1.165) is 0 Å². The number of carbonyl (C=O) groups excluding carboxylic acids is 1. The molecule has 2 aromatic rings. The third-order valence-corrected chi connectivity index (χ3v) is 3.41. The largest absolute Gasteiger partial charge is 0.408 e. The Bertz CT molecular complexity index is 737. The quantitative estimate of drug-likeness (QED) is 0.625. The van der Waals surface area contributed by atoms with Crippen molar-refractivity contribution in [2.45, 2.75) is 13.0 Å². The summed E-state index contributed by atoms with van der Waals surface area (Å²) in [7, 11) is 0. The van der Waals surface area contributed by atoms with E-state index in [2.05, 4.69) is 26.3 Å². The fourth-order valence-electron chi connectivity index (χ4n) is 1.64. The van der Waals surface area contributed by atoms with Gasteiger partial charge in [0, 0.05) is 10.9 Å². The first kappa shape index (κ1) is 16.4. The molecule has 7 nitrogen and oxygen atoms in total. The second-order valence-electron chi connectivity index (χ2n) is 4.24. The predicted molar refractivity (Wildman–Crippen MR) is 81.2 cm³/mol. The van der Waals surface area contributed by atoms with Crippen molar-refractivity contribution in [3.63, 3.8) is 0 Å². The molecule has 1 heterocycles. The monoisotopic (exact) mass is 390 g/mol. The standard InChI is InChI=1S/C12H9BrClFN4O3/c13-7-1-2-10(9(15)5-7)16-11(20)3-4-18-6-8(14)12(17-18)19(21)22/h1-2,5-6H,3-4H2,(H,16,20). The smallest absolute Gasteiger partial charge is 0.358 e. The Morgan fingerprint density at radius 2 is 2.27 bits per heavy atom. The number of benzene rings is 1. The first-order valence-electron chi connectivity index (χ1n) is 5.99. The Labute approximate surface area is 137 Å². The molecule has 10 heteroatoms. The Hall–Kier alpha value is -2.00. The minimum atomic E-state index is -0.712. The lowest BCUT2D eigenvalue weighted by Crippen LogP contribution is -2.15. The molecule has 0 aliphatic carbocycles. The van der Waals surface area contributed by atoms with Crippen LogP contribution < -0.4 is 5.32 Å². The molecule has 116 valence electrons. The van der Waals surface area contributed by atoms with Crippen LogP contribution in [-0.4, -0.2) is 20.6 Å². The predicted octanol–water partition coefficient (Wildman–Crippen LogP) is 3.38. The average Bonchev–Trinajstić information content (AvgIpc) is 2.81. The molecule has 0 radical (unpaired) electrons. The number of hydrogen-bond donors (Lipinski definition) is 1. The minimum absolute atomic E-state index is 0.0370. The summed E-state index contributed by atoms with van der Waals surface area (Å²) in [6.45, 7) is 0.0809. The van der Waals surface area contributed by atoms with Crippen LogP contribution in [-0.2, 0) is 11.3 Å². The molecule has 1 amide bonds. The van der Waals surface area contributed by atoms with Crippen LogP contribution in [0.25, 0.3) is 0 Å². The fraction of sp³-hybridized carbons (Fsp3) is 0.167. The number of aryl methyl sites for hydroxylation is 1. The van der Waals surface area contributed by atoms with Crippen molar-refractivity contribution in [2.24, 2.45) is 0 Å². The number of nitro groups is 1. The van der Waals surface area contributed by atoms with Crippen molar-refractivity contribution in [2.75, 3.05) is 5.32 Å². The van der Waals surface area contributed by atoms with Crippen molar-refractivity contribution < 1.29 is 14.1 Å². The highest BCUT2D eigenvalue weighted by Gasteiger charge is 2.19. The Kier molecular flexibility index (Phi) is 5.09.